The monoisotopic (exact) mass is 585 g/mol. The lowest BCUT2D eigenvalue weighted by Gasteiger charge is -2.32. The number of unbranched alkanes of at least 4 members (excludes halogenated alkanes) is 1. The fraction of sp³-hybridized carbons (Fsp3) is 0.333. The number of carbonyl (C=O) groups is 2. The summed E-state index contributed by atoms with van der Waals surface area (Å²) in [6.07, 6.45) is 1.71. The lowest BCUT2D eigenvalue weighted by atomic mass is 10.1. The highest BCUT2D eigenvalue weighted by atomic mass is 35.5. The highest BCUT2D eigenvalue weighted by Gasteiger charge is 2.33. The molecule has 0 aliphatic heterocycles. The predicted molar refractivity (Wildman–Crippen MR) is 158 cm³/mol. The first-order valence-corrected chi connectivity index (χ1v) is 15.1. The van der Waals surface area contributed by atoms with Gasteiger partial charge in [-0.3, -0.25) is 13.9 Å². The number of nitrogens with one attached hydrogen (secondary N) is 1. The summed E-state index contributed by atoms with van der Waals surface area (Å²) in [6, 6.07) is 20.7. The third-order valence-corrected chi connectivity index (χ3v) is 8.29. The van der Waals surface area contributed by atoms with E-state index in [1.165, 1.54) is 17.0 Å². The molecule has 0 aliphatic carbocycles. The summed E-state index contributed by atoms with van der Waals surface area (Å²) in [7, 11) is -4.18. The van der Waals surface area contributed by atoms with Gasteiger partial charge in [0.15, 0.2) is 0 Å². The minimum atomic E-state index is -4.18. The molecule has 0 radical (unpaired) electrons. The average molecular weight is 586 g/mol. The van der Waals surface area contributed by atoms with Crippen LogP contribution in [0.1, 0.15) is 39.2 Å². The van der Waals surface area contributed by atoms with Crippen LogP contribution in [-0.2, 0) is 26.2 Å². The number of ether oxygens (including phenoxy) is 1. The van der Waals surface area contributed by atoms with E-state index in [1.54, 1.807) is 80.6 Å². The molecule has 3 aromatic rings. The van der Waals surface area contributed by atoms with Crippen LogP contribution in [-0.4, -0.2) is 50.9 Å². The van der Waals surface area contributed by atoms with Crippen molar-refractivity contribution in [3.8, 4) is 5.75 Å². The van der Waals surface area contributed by atoms with E-state index in [0.717, 1.165) is 17.1 Å². The Balaban J connectivity index is 2.04. The molecule has 0 aliphatic rings. The standard InChI is InChI=1S/C30H36ClN3O5S/c1-4-6-19-32-30(36)23(3)33(21-24-13-12-14-25(31)20-24)29(35)22-34(27-17-10-11-18-28(27)39-5-2)40(37,38)26-15-8-7-9-16-26/h7-18,20,23H,4-6,19,21-22H2,1-3H3,(H,32,36)/t23-/m1/s1. The van der Waals surface area contributed by atoms with Gasteiger partial charge >= 0.3 is 0 Å². The first-order valence-electron chi connectivity index (χ1n) is 13.3. The lowest BCUT2D eigenvalue weighted by Crippen LogP contribution is -2.51. The van der Waals surface area contributed by atoms with Crippen LogP contribution in [0.5, 0.6) is 5.75 Å². The Bertz CT molecular complexity index is 1380. The molecular formula is C30H36ClN3O5S. The van der Waals surface area contributed by atoms with E-state index in [1.807, 2.05) is 6.92 Å². The molecule has 40 heavy (non-hydrogen) atoms. The molecule has 2 amide bonds. The Hall–Kier alpha value is -3.56. The molecule has 214 valence electrons. The molecule has 8 nitrogen and oxygen atoms in total. The minimum Gasteiger partial charge on any atom is -0.492 e. The molecule has 10 heteroatoms. The van der Waals surface area contributed by atoms with Crippen molar-refractivity contribution < 1.29 is 22.7 Å². The third-order valence-electron chi connectivity index (χ3n) is 6.28. The number of hydrogen-bond acceptors (Lipinski definition) is 5. The van der Waals surface area contributed by atoms with E-state index in [9.17, 15) is 18.0 Å². The van der Waals surface area contributed by atoms with Crippen LogP contribution >= 0.6 is 11.6 Å². The maximum absolute atomic E-state index is 14.0. The molecule has 0 bridgehead atoms. The molecule has 0 heterocycles. The van der Waals surface area contributed by atoms with Gasteiger partial charge in [-0.05, 0) is 62.2 Å². The number of amides is 2. The number of rotatable bonds is 14. The van der Waals surface area contributed by atoms with Gasteiger partial charge in [-0.2, -0.15) is 0 Å². The van der Waals surface area contributed by atoms with E-state index in [4.69, 9.17) is 16.3 Å². The maximum Gasteiger partial charge on any atom is 0.264 e. The highest BCUT2D eigenvalue weighted by Crippen LogP contribution is 2.33. The molecule has 0 unspecified atom stereocenters. The third kappa shape index (κ3) is 7.99. The summed E-state index contributed by atoms with van der Waals surface area (Å²) in [4.78, 5) is 28.5. The van der Waals surface area contributed by atoms with Gasteiger partial charge in [-0.25, -0.2) is 8.42 Å². The average Bonchev–Trinajstić information content (AvgIpc) is 2.95. The number of benzene rings is 3. The molecule has 0 saturated carbocycles. The molecule has 0 spiro atoms. The quantitative estimate of drug-likeness (QED) is 0.260. The van der Waals surface area contributed by atoms with Crippen molar-refractivity contribution in [1.82, 2.24) is 10.2 Å². The van der Waals surface area contributed by atoms with Crippen molar-refractivity contribution in [2.45, 2.75) is 51.1 Å². The van der Waals surface area contributed by atoms with Gasteiger partial charge in [0.05, 0.1) is 17.2 Å². The van der Waals surface area contributed by atoms with Crippen molar-refractivity contribution in [3.63, 3.8) is 0 Å². The van der Waals surface area contributed by atoms with Crippen molar-refractivity contribution in [2.75, 3.05) is 24.0 Å². The molecule has 0 aromatic heterocycles. The van der Waals surface area contributed by atoms with Gasteiger partial charge in [0.2, 0.25) is 11.8 Å². The smallest absolute Gasteiger partial charge is 0.264 e. The first kappa shape index (κ1) is 31.0. The maximum atomic E-state index is 14.0. The van der Waals surface area contributed by atoms with E-state index in [-0.39, 0.29) is 23.0 Å². The number of hydrogen-bond donors (Lipinski definition) is 1. The predicted octanol–water partition coefficient (Wildman–Crippen LogP) is 5.27. The molecular weight excluding hydrogens is 550 g/mol. The van der Waals surface area contributed by atoms with Crippen LogP contribution in [0.4, 0.5) is 5.69 Å². The Kier molecular flexibility index (Phi) is 11.4. The lowest BCUT2D eigenvalue weighted by molar-refractivity contribution is -0.139. The first-order chi connectivity index (χ1) is 19.2. The number of carbonyl (C=O) groups excluding carboxylic acids is 2. The van der Waals surface area contributed by atoms with Crippen LogP contribution in [0.25, 0.3) is 0 Å². The van der Waals surface area contributed by atoms with Crippen LogP contribution < -0.4 is 14.4 Å². The van der Waals surface area contributed by atoms with E-state index in [2.05, 4.69) is 5.32 Å². The van der Waals surface area contributed by atoms with Gasteiger partial charge in [0.25, 0.3) is 10.0 Å². The normalized spacial score (nSPS) is 11.9. The van der Waals surface area contributed by atoms with Crippen LogP contribution in [0.3, 0.4) is 0 Å². The summed E-state index contributed by atoms with van der Waals surface area (Å²) in [5, 5.41) is 3.36. The summed E-state index contributed by atoms with van der Waals surface area (Å²) >= 11 is 6.19. The second kappa shape index (κ2) is 14.7. The second-order valence-corrected chi connectivity index (χ2v) is 11.5. The summed E-state index contributed by atoms with van der Waals surface area (Å²) in [5.41, 5.74) is 0.936. The Morgan fingerprint density at radius 1 is 0.975 bits per heavy atom. The van der Waals surface area contributed by atoms with Crippen LogP contribution in [0.15, 0.2) is 83.8 Å². The zero-order valence-corrected chi connectivity index (χ0v) is 24.6. The van der Waals surface area contributed by atoms with Gasteiger partial charge in [0, 0.05) is 18.1 Å². The van der Waals surface area contributed by atoms with Gasteiger partial charge in [-0.15, -0.1) is 0 Å². The number of halogens is 1. The second-order valence-electron chi connectivity index (χ2n) is 9.20. The highest BCUT2D eigenvalue weighted by molar-refractivity contribution is 7.92. The molecule has 0 saturated heterocycles. The topological polar surface area (TPSA) is 96.0 Å². The fourth-order valence-electron chi connectivity index (χ4n) is 4.12. The number of nitrogens with zero attached hydrogens (tertiary/aromatic N) is 2. The zero-order valence-electron chi connectivity index (χ0n) is 23.0. The number of anilines is 1. The molecule has 1 atom stereocenters. The largest absolute Gasteiger partial charge is 0.492 e. The van der Waals surface area contributed by atoms with Crippen molar-refractivity contribution in [1.29, 1.82) is 0 Å². The minimum absolute atomic E-state index is 0.0286. The number of sulfonamides is 1. The van der Waals surface area contributed by atoms with Gasteiger partial charge in [-0.1, -0.05) is 67.4 Å². The number of para-hydroxylation sites is 2. The zero-order chi connectivity index (χ0) is 29.1. The Morgan fingerprint density at radius 2 is 1.68 bits per heavy atom. The summed E-state index contributed by atoms with van der Waals surface area (Å²) in [6.45, 7) is 5.75. The molecule has 0 fully saturated rings. The van der Waals surface area contributed by atoms with Crippen LogP contribution in [0, 0.1) is 0 Å². The van der Waals surface area contributed by atoms with Crippen molar-refractivity contribution in [2.24, 2.45) is 0 Å². The molecule has 1 N–H and O–H groups in total. The SMILES string of the molecule is CCCCNC(=O)[C@@H](C)N(Cc1cccc(Cl)c1)C(=O)CN(c1ccccc1OCC)S(=O)(=O)c1ccccc1. The molecule has 3 aromatic carbocycles. The summed E-state index contributed by atoms with van der Waals surface area (Å²) < 4.78 is 34.6. The Labute approximate surface area is 241 Å². The summed E-state index contributed by atoms with van der Waals surface area (Å²) in [5.74, 6) is -0.552. The van der Waals surface area contributed by atoms with Crippen molar-refractivity contribution in [3.05, 3.63) is 89.4 Å². The molecule has 3 rings (SSSR count). The van der Waals surface area contributed by atoms with Gasteiger partial charge in [0.1, 0.15) is 18.3 Å². The van der Waals surface area contributed by atoms with E-state index >= 15 is 0 Å². The van der Waals surface area contributed by atoms with Crippen molar-refractivity contribution >= 4 is 39.1 Å². The van der Waals surface area contributed by atoms with E-state index < -0.39 is 28.5 Å². The van der Waals surface area contributed by atoms with Crippen LogP contribution in [0.2, 0.25) is 5.02 Å². The van der Waals surface area contributed by atoms with Gasteiger partial charge < -0.3 is 15.0 Å². The fourth-order valence-corrected chi connectivity index (χ4v) is 5.78. The Morgan fingerprint density at radius 3 is 2.35 bits per heavy atom. The van der Waals surface area contributed by atoms with E-state index in [0.29, 0.717) is 29.5 Å².